The van der Waals surface area contributed by atoms with E-state index < -0.39 is 5.97 Å². The third-order valence-electron chi connectivity index (χ3n) is 3.24. The molecule has 2 aromatic heterocycles. The van der Waals surface area contributed by atoms with Gasteiger partial charge in [-0.05, 0) is 30.5 Å². The fourth-order valence-corrected chi connectivity index (χ4v) is 2.06. The first-order valence-electron chi connectivity index (χ1n) is 5.79. The van der Waals surface area contributed by atoms with Gasteiger partial charge >= 0.3 is 5.97 Å². The largest absolute Gasteiger partial charge is 0.481 e. The molecule has 1 aliphatic rings. The number of carboxylic acids is 1. The van der Waals surface area contributed by atoms with Gasteiger partial charge in [0.15, 0.2) is 11.5 Å². The summed E-state index contributed by atoms with van der Waals surface area (Å²) in [6.07, 6.45) is 5.40. The van der Waals surface area contributed by atoms with Crippen molar-refractivity contribution in [2.75, 3.05) is 0 Å². The zero-order valence-corrected chi connectivity index (χ0v) is 9.33. The van der Waals surface area contributed by atoms with Crippen LogP contribution in [0, 0.1) is 0 Å². The van der Waals surface area contributed by atoms with E-state index in [9.17, 15) is 4.79 Å². The van der Waals surface area contributed by atoms with Crippen LogP contribution in [0.15, 0.2) is 18.3 Å². The Hall–Kier alpha value is -1.91. The Balaban J connectivity index is 1.95. The molecule has 0 saturated heterocycles. The average Bonchev–Trinajstić information content (AvgIpc) is 2.56. The molecule has 0 aromatic carbocycles. The minimum absolute atomic E-state index is 0.0299. The molecule has 1 saturated carbocycles. The SMILES string of the molecule is O=C(O)Cc1ccn2nc(C3CCC3)nc2c1. The third kappa shape index (κ3) is 1.88. The molecule has 0 radical (unpaired) electrons. The zero-order valence-electron chi connectivity index (χ0n) is 9.33. The minimum atomic E-state index is -0.826. The molecule has 2 aromatic rings. The lowest BCUT2D eigenvalue weighted by molar-refractivity contribution is -0.136. The Kier molecular flexibility index (Phi) is 2.31. The number of fused-ring (bicyclic) bond motifs is 1. The molecule has 0 spiro atoms. The van der Waals surface area contributed by atoms with Gasteiger partial charge in [0.05, 0.1) is 6.42 Å². The van der Waals surface area contributed by atoms with Crippen LogP contribution in [0.25, 0.3) is 5.65 Å². The van der Waals surface area contributed by atoms with Crippen LogP contribution in [0.4, 0.5) is 0 Å². The minimum Gasteiger partial charge on any atom is -0.481 e. The summed E-state index contributed by atoms with van der Waals surface area (Å²) in [5, 5.41) is 13.1. The van der Waals surface area contributed by atoms with Gasteiger partial charge in [0.2, 0.25) is 0 Å². The molecule has 1 N–H and O–H groups in total. The van der Waals surface area contributed by atoms with Crippen molar-refractivity contribution >= 4 is 11.6 Å². The Bertz CT molecular complexity index is 572. The van der Waals surface area contributed by atoms with Gasteiger partial charge in [-0.15, -0.1) is 0 Å². The van der Waals surface area contributed by atoms with Crippen LogP contribution in [-0.2, 0) is 11.2 Å². The van der Waals surface area contributed by atoms with Crippen molar-refractivity contribution < 1.29 is 9.90 Å². The second-order valence-electron chi connectivity index (χ2n) is 4.51. The summed E-state index contributed by atoms with van der Waals surface area (Å²) < 4.78 is 1.72. The molecular formula is C12H13N3O2. The van der Waals surface area contributed by atoms with Gasteiger partial charge in [0.25, 0.3) is 0 Å². The number of nitrogens with zero attached hydrogens (tertiary/aromatic N) is 3. The quantitative estimate of drug-likeness (QED) is 0.871. The van der Waals surface area contributed by atoms with E-state index in [1.165, 1.54) is 19.3 Å². The van der Waals surface area contributed by atoms with Crippen LogP contribution in [0.3, 0.4) is 0 Å². The highest BCUT2D eigenvalue weighted by Crippen LogP contribution is 2.34. The first-order valence-corrected chi connectivity index (χ1v) is 5.79. The number of hydrogen-bond acceptors (Lipinski definition) is 3. The van der Waals surface area contributed by atoms with Crippen LogP contribution in [0.5, 0.6) is 0 Å². The highest BCUT2D eigenvalue weighted by Gasteiger charge is 2.23. The molecule has 88 valence electrons. The number of rotatable bonds is 3. The van der Waals surface area contributed by atoms with E-state index in [4.69, 9.17) is 5.11 Å². The standard InChI is InChI=1S/C12H13N3O2/c16-11(17)7-8-4-5-15-10(6-8)13-12(14-15)9-2-1-3-9/h4-6,9H,1-3,7H2,(H,16,17). The predicted octanol–water partition coefficient (Wildman–Crippen LogP) is 1.62. The van der Waals surface area contributed by atoms with E-state index in [2.05, 4.69) is 10.1 Å². The normalized spacial score (nSPS) is 16.0. The van der Waals surface area contributed by atoms with Gasteiger partial charge in [-0.25, -0.2) is 9.50 Å². The summed E-state index contributed by atoms with van der Waals surface area (Å²) in [6, 6.07) is 3.57. The van der Waals surface area contributed by atoms with Crippen LogP contribution in [-0.4, -0.2) is 25.7 Å². The Morgan fingerprint density at radius 2 is 2.35 bits per heavy atom. The monoisotopic (exact) mass is 231 g/mol. The molecule has 0 bridgehead atoms. The molecule has 2 heterocycles. The highest BCUT2D eigenvalue weighted by molar-refractivity contribution is 5.70. The maximum absolute atomic E-state index is 10.6. The molecule has 0 amide bonds. The van der Waals surface area contributed by atoms with Crippen molar-refractivity contribution in [2.24, 2.45) is 0 Å². The molecule has 17 heavy (non-hydrogen) atoms. The molecule has 0 atom stereocenters. The fraction of sp³-hybridized carbons (Fsp3) is 0.417. The molecule has 0 aliphatic heterocycles. The number of aliphatic carboxylic acids is 1. The van der Waals surface area contributed by atoms with Gasteiger partial charge in [0, 0.05) is 12.1 Å². The Morgan fingerprint density at radius 3 is 3.00 bits per heavy atom. The lowest BCUT2D eigenvalue weighted by Gasteiger charge is -2.21. The molecule has 1 fully saturated rings. The van der Waals surface area contributed by atoms with Crippen molar-refractivity contribution in [3.8, 4) is 0 Å². The van der Waals surface area contributed by atoms with E-state index in [-0.39, 0.29) is 6.42 Å². The molecule has 5 nitrogen and oxygen atoms in total. The number of aromatic nitrogens is 3. The Labute approximate surface area is 98.1 Å². The predicted molar refractivity (Wildman–Crippen MR) is 60.9 cm³/mol. The summed E-state index contributed by atoms with van der Waals surface area (Å²) >= 11 is 0. The molecule has 1 aliphatic carbocycles. The number of carboxylic acid groups (broad SMARTS) is 1. The topological polar surface area (TPSA) is 67.5 Å². The van der Waals surface area contributed by atoms with Crippen molar-refractivity contribution in [1.29, 1.82) is 0 Å². The summed E-state index contributed by atoms with van der Waals surface area (Å²) in [7, 11) is 0. The van der Waals surface area contributed by atoms with Gasteiger partial charge in [-0.3, -0.25) is 4.79 Å². The van der Waals surface area contributed by atoms with Crippen LogP contribution in [0.1, 0.15) is 36.6 Å². The number of carbonyl (C=O) groups is 1. The molecule has 5 heteroatoms. The van der Waals surface area contributed by atoms with E-state index in [1.54, 1.807) is 22.8 Å². The maximum atomic E-state index is 10.6. The van der Waals surface area contributed by atoms with Gasteiger partial charge in [0.1, 0.15) is 0 Å². The lowest BCUT2D eigenvalue weighted by Crippen LogP contribution is -2.10. The molecule has 0 unspecified atom stereocenters. The average molecular weight is 231 g/mol. The van der Waals surface area contributed by atoms with Crippen LogP contribution in [0.2, 0.25) is 0 Å². The summed E-state index contributed by atoms with van der Waals surface area (Å²) in [5.41, 5.74) is 1.50. The molecule has 3 rings (SSSR count). The highest BCUT2D eigenvalue weighted by atomic mass is 16.4. The maximum Gasteiger partial charge on any atom is 0.307 e. The van der Waals surface area contributed by atoms with Crippen molar-refractivity contribution in [3.05, 3.63) is 29.7 Å². The summed E-state index contributed by atoms with van der Waals surface area (Å²) in [5.74, 6) is 0.564. The lowest BCUT2D eigenvalue weighted by atomic mass is 9.85. The number of hydrogen-bond donors (Lipinski definition) is 1. The third-order valence-corrected chi connectivity index (χ3v) is 3.24. The molecular weight excluding hydrogens is 218 g/mol. The summed E-state index contributed by atoms with van der Waals surface area (Å²) in [6.45, 7) is 0. The van der Waals surface area contributed by atoms with Gasteiger partial charge in [-0.2, -0.15) is 5.10 Å². The van der Waals surface area contributed by atoms with Crippen LogP contribution < -0.4 is 0 Å². The smallest absolute Gasteiger partial charge is 0.307 e. The fourth-order valence-electron chi connectivity index (χ4n) is 2.06. The van der Waals surface area contributed by atoms with Gasteiger partial charge in [-0.1, -0.05) is 6.42 Å². The van der Waals surface area contributed by atoms with E-state index >= 15 is 0 Å². The van der Waals surface area contributed by atoms with E-state index in [1.807, 2.05) is 0 Å². The Morgan fingerprint density at radius 1 is 1.53 bits per heavy atom. The van der Waals surface area contributed by atoms with E-state index in [0.29, 0.717) is 5.92 Å². The first-order chi connectivity index (χ1) is 8.22. The van der Waals surface area contributed by atoms with Crippen LogP contribution >= 0.6 is 0 Å². The second-order valence-corrected chi connectivity index (χ2v) is 4.51. The van der Waals surface area contributed by atoms with Crippen molar-refractivity contribution in [2.45, 2.75) is 31.6 Å². The van der Waals surface area contributed by atoms with Crippen molar-refractivity contribution in [3.63, 3.8) is 0 Å². The second kappa shape index (κ2) is 3.84. The van der Waals surface area contributed by atoms with Gasteiger partial charge < -0.3 is 5.11 Å². The first kappa shape index (κ1) is 10.3. The van der Waals surface area contributed by atoms with E-state index in [0.717, 1.165) is 17.0 Å². The number of pyridine rings is 1. The summed E-state index contributed by atoms with van der Waals surface area (Å²) in [4.78, 5) is 15.1. The van der Waals surface area contributed by atoms with Crippen molar-refractivity contribution in [1.82, 2.24) is 14.6 Å². The zero-order chi connectivity index (χ0) is 11.8.